The molecule has 0 spiro atoms. The van der Waals surface area contributed by atoms with Gasteiger partial charge in [-0.05, 0) is 163 Å². The first-order valence-corrected chi connectivity index (χ1v) is 21.6. The Labute approximate surface area is 395 Å². The molecule has 7 rings (SSSR count). The van der Waals surface area contributed by atoms with Crippen LogP contribution in [0.2, 0.25) is 0 Å². The van der Waals surface area contributed by atoms with Crippen LogP contribution in [0.15, 0.2) is 184 Å². The topological polar surface area (TPSA) is 124 Å². The lowest BCUT2D eigenvalue weighted by Crippen LogP contribution is -2.15. The van der Waals surface area contributed by atoms with Crippen LogP contribution >= 0.6 is 0 Å². The van der Waals surface area contributed by atoms with Crippen molar-refractivity contribution in [3.63, 3.8) is 0 Å². The zero-order valence-electron chi connectivity index (χ0n) is 39.1. The van der Waals surface area contributed by atoms with E-state index in [-0.39, 0.29) is 18.3 Å². The summed E-state index contributed by atoms with van der Waals surface area (Å²) < 4.78 is 26.7. The van der Waals surface area contributed by atoms with Crippen LogP contribution < -0.4 is 14.2 Å². The third-order valence-electron chi connectivity index (χ3n) is 9.20. The summed E-state index contributed by atoms with van der Waals surface area (Å²) in [6.45, 7) is 28.7. The maximum Gasteiger partial charge on any atom is 0.338 e. The monoisotopic (exact) mass is 902 g/mol. The number of phenolic OH excluding ortho intramolecular Hbond substituents is 3. The molecule has 0 radical (unpaired) electrons. The fourth-order valence-electron chi connectivity index (χ4n) is 5.74. The number of ether oxygens (including phenoxy) is 5. The Bertz CT molecular complexity index is 2650. The van der Waals surface area contributed by atoms with Crippen molar-refractivity contribution >= 4 is 51.8 Å². The van der Waals surface area contributed by atoms with Crippen molar-refractivity contribution in [3.8, 4) is 34.5 Å². The first-order chi connectivity index (χ1) is 32.2. The Morgan fingerprint density at radius 3 is 1.28 bits per heavy atom. The molecule has 0 aliphatic carbocycles. The van der Waals surface area contributed by atoms with E-state index in [1.807, 2.05) is 119 Å². The van der Waals surface area contributed by atoms with Gasteiger partial charge in [-0.3, -0.25) is 0 Å². The maximum atomic E-state index is 11.0. The molecule has 9 heteroatoms. The van der Waals surface area contributed by atoms with E-state index >= 15 is 0 Å². The van der Waals surface area contributed by atoms with Crippen molar-refractivity contribution < 1.29 is 43.8 Å². The second kappa shape index (κ2) is 28.8. The average molecular weight is 903 g/mol. The number of hydrogen-bond donors (Lipinski definition) is 3. The molecule has 7 aromatic rings. The van der Waals surface area contributed by atoms with Crippen molar-refractivity contribution in [2.45, 2.75) is 47.2 Å². The average Bonchev–Trinajstić information content (AvgIpc) is 3.33. The highest BCUT2D eigenvalue weighted by Gasteiger charge is 2.06. The molecule has 348 valence electrons. The minimum Gasteiger partial charge on any atom is -0.508 e. The van der Waals surface area contributed by atoms with Gasteiger partial charge in [-0.1, -0.05) is 118 Å². The first-order valence-electron chi connectivity index (χ1n) is 21.6. The predicted octanol–water partition coefficient (Wildman–Crippen LogP) is 14.4. The fraction of sp³-hybridized carbons (Fsp3) is 0.155. The van der Waals surface area contributed by atoms with Crippen LogP contribution in [0.1, 0.15) is 56.9 Å². The fourth-order valence-corrected chi connectivity index (χ4v) is 5.74. The van der Waals surface area contributed by atoms with Crippen molar-refractivity contribution in [3.05, 3.63) is 206 Å². The summed E-state index contributed by atoms with van der Waals surface area (Å²) in [4.78, 5) is 11.0. The molecule has 2 unspecified atom stereocenters. The van der Waals surface area contributed by atoms with Crippen LogP contribution in [0.25, 0.3) is 45.8 Å². The van der Waals surface area contributed by atoms with Gasteiger partial charge in [0.15, 0.2) is 12.6 Å². The summed E-state index contributed by atoms with van der Waals surface area (Å²) in [5.41, 5.74) is 4.67. The SMILES string of the molecule is C=C(C)C(=O)Oc1ccc(O)cc1.C=Cc1ccc(O)cc1.C=Cc1ccc(OC(C)OCC)cc1.C=Cc1ccc2cc(O)ccc2c1.C=Cc1ccc2cc(OC(C)OCC)ccc2c1. The summed E-state index contributed by atoms with van der Waals surface area (Å²) in [5.74, 6) is 2.30. The van der Waals surface area contributed by atoms with E-state index in [4.69, 9.17) is 33.9 Å². The Hall–Kier alpha value is -7.85. The number of esters is 1. The van der Waals surface area contributed by atoms with Crippen LogP contribution in [0.5, 0.6) is 34.5 Å². The normalized spacial score (nSPS) is 10.8. The highest BCUT2D eigenvalue weighted by molar-refractivity contribution is 5.89. The molecule has 0 heterocycles. The highest BCUT2D eigenvalue weighted by Crippen LogP contribution is 2.24. The van der Waals surface area contributed by atoms with E-state index in [0.717, 1.165) is 49.9 Å². The number of rotatable bonds is 14. The summed E-state index contributed by atoms with van der Waals surface area (Å²) in [6.07, 6.45) is 6.78. The van der Waals surface area contributed by atoms with Gasteiger partial charge in [-0.15, -0.1) is 0 Å². The molecule has 2 atom stereocenters. The lowest BCUT2D eigenvalue weighted by atomic mass is 10.1. The molecule has 0 aliphatic rings. The number of aromatic hydroxyl groups is 3. The number of hydrogen-bond acceptors (Lipinski definition) is 9. The van der Waals surface area contributed by atoms with Gasteiger partial charge < -0.3 is 39.0 Å². The molecule has 9 nitrogen and oxygen atoms in total. The third kappa shape index (κ3) is 19.8. The van der Waals surface area contributed by atoms with E-state index in [2.05, 4.69) is 51.1 Å². The number of benzene rings is 7. The predicted molar refractivity (Wildman–Crippen MR) is 276 cm³/mol. The number of fused-ring (bicyclic) bond motifs is 2. The zero-order chi connectivity index (χ0) is 49.1. The van der Waals surface area contributed by atoms with Gasteiger partial charge in [0, 0.05) is 18.8 Å². The van der Waals surface area contributed by atoms with Crippen LogP contribution in [-0.4, -0.2) is 47.1 Å². The van der Waals surface area contributed by atoms with E-state index in [1.54, 1.807) is 43.3 Å². The molecular formula is C58H62O9. The second-order valence-corrected chi connectivity index (χ2v) is 14.5. The van der Waals surface area contributed by atoms with Crippen molar-refractivity contribution in [2.75, 3.05) is 13.2 Å². The Balaban J connectivity index is 0.000000225. The Morgan fingerprint density at radius 2 is 0.821 bits per heavy atom. The first kappa shape index (κ1) is 53.5. The molecule has 67 heavy (non-hydrogen) atoms. The van der Waals surface area contributed by atoms with Gasteiger partial charge in [-0.25, -0.2) is 4.79 Å². The van der Waals surface area contributed by atoms with Crippen molar-refractivity contribution in [1.29, 1.82) is 0 Å². The van der Waals surface area contributed by atoms with Crippen LogP contribution in [-0.2, 0) is 14.3 Å². The number of carbonyl (C=O) groups excluding carboxylic acids is 1. The van der Waals surface area contributed by atoms with Gasteiger partial charge in [-0.2, -0.15) is 0 Å². The van der Waals surface area contributed by atoms with Crippen molar-refractivity contribution in [1.82, 2.24) is 0 Å². The molecule has 3 N–H and O–H groups in total. The van der Waals surface area contributed by atoms with Gasteiger partial charge in [0.1, 0.15) is 34.5 Å². The molecule has 0 saturated heterocycles. The number of carbonyl (C=O) groups is 1. The van der Waals surface area contributed by atoms with E-state index in [9.17, 15) is 9.90 Å². The zero-order valence-corrected chi connectivity index (χ0v) is 39.1. The quantitative estimate of drug-likeness (QED) is 0.0423. The number of phenols is 3. The largest absolute Gasteiger partial charge is 0.508 e. The summed E-state index contributed by atoms with van der Waals surface area (Å²) >= 11 is 0. The van der Waals surface area contributed by atoms with Crippen LogP contribution in [0.3, 0.4) is 0 Å². The summed E-state index contributed by atoms with van der Waals surface area (Å²) in [6, 6.07) is 44.2. The minimum atomic E-state index is -0.467. The van der Waals surface area contributed by atoms with Crippen molar-refractivity contribution in [2.24, 2.45) is 0 Å². The van der Waals surface area contributed by atoms with E-state index in [1.165, 1.54) is 29.7 Å². The lowest BCUT2D eigenvalue weighted by molar-refractivity contribution is -0.130. The van der Waals surface area contributed by atoms with E-state index in [0.29, 0.717) is 36.0 Å². The molecule has 7 aromatic carbocycles. The Morgan fingerprint density at radius 1 is 0.478 bits per heavy atom. The van der Waals surface area contributed by atoms with Gasteiger partial charge in [0.2, 0.25) is 0 Å². The molecule has 0 amide bonds. The molecule has 0 fully saturated rings. The summed E-state index contributed by atoms with van der Waals surface area (Å²) in [5, 5.41) is 31.5. The Kier molecular flexibility index (Phi) is 23.0. The van der Waals surface area contributed by atoms with Crippen LogP contribution in [0.4, 0.5) is 0 Å². The molecule has 0 aromatic heterocycles. The summed E-state index contributed by atoms with van der Waals surface area (Å²) in [7, 11) is 0. The smallest absolute Gasteiger partial charge is 0.338 e. The van der Waals surface area contributed by atoms with E-state index < -0.39 is 5.97 Å². The standard InChI is InChI=1S/C16H18O2.C12H16O2.C12H10O.C10H10O3.C8H8O/c1-4-13-6-7-15-11-16(9-8-14(15)10-13)18-12(3)17-5-2;1-4-11-6-8-12(9-7-11)14-10(3)13-5-2;1-2-9-3-4-11-8-12(13)6-5-10(11)7-9;1-7(2)10(12)13-9-5-3-8(11)4-6-9;1-2-7-3-5-8(9)6-4-7/h4,6-12H,1,5H2,2-3H3;4,6-10H,1,5H2,2-3H3;2-8,13H,1H2;3-6,11H,1H2,2H3;2-6,9H,1H2. The van der Waals surface area contributed by atoms with Gasteiger partial charge in [0.05, 0.1) is 0 Å². The molecular weight excluding hydrogens is 841 g/mol. The molecule has 0 saturated carbocycles. The molecule has 0 aliphatic heterocycles. The minimum absolute atomic E-state index is 0.134. The van der Waals surface area contributed by atoms with Gasteiger partial charge in [0.25, 0.3) is 0 Å². The maximum absolute atomic E-state index is 11.0. The highest BCUT2D eigenvalue weighted by atomic mass is 16.7. The molecule has 0 bridgehead atoms. The van der Waals surface area contributed by atoms with Gasteiger partial charge >= 0.3 is 5.97 Å². The lowest BCUT2D eigenvalue weighted by Gasteiger charge is -2.14. The second-order valence-electron chi connectivity index (χ2n) is 14.5. The van der Waals surface area contributed by atoms with Crippen LogP contribution in [0, 0.1) is 0 Å². The third-order valence-corrected chi connectivity index (χ3v) is 9.20.